The van der Waals surface area contributed by atoms with Gasteiger partial charge in [0, 0.05) is 12.3 Å². The molecule has 1 rings (SSSR count). The van der Waals surface area contributed by atoms with Gasteiger partial charge in [0.05, 0.1) is 12.3 Å². The van der Waals surface area contributed by atoms with Gasteiger partial charge in [-0.2, -0.15) is 11.8 Å². The molecule has 1 heterocycles. The number of hydrogen-bond acceptors (Lipinski definition) is 3. The molecule has 0 amide bonds. The van der Waals surface area contributed by atoms with Gasteiger partial charge in [0.15, 0.2) is 0 Å². The van der Waals surface area contributed by atoms with Gasteiger partial charge in [-0.15, -0.1) is 0 Å². The van der Waals surface area contributed by atoms with E-state index in [4.69, 9.17) is 4.42 Å². The Balaban J connectivity index is 2.15. The fourth-order valence-electron chi connectivity index (χ4n) is 1.13. The van der Waals surface area contributed by atoms with Gasteiger partial charge in [0.2, 0.25) is 0 Å². The Morgan fingerprint density at radius 3 is 3.08 bits per heavy atom. The summed E-state index contributed by atoms with van der Waals surface area (Å²) in [7, 11) is 0. The molecule has 1 aromatic rings. The van der Waals surface area contributed by atoms with Gasteiger partial charge in [-0.25, -0.2) is 0 Å². The van der Waals surface area contributed by atoms with E-state index in [0.29, 0.717) is 6.04 Å². The van der Waals surface area contributed by atoms with E-state index in [0.717, 1.165) is 12.3 Å². The molecular formula is C10H17NOS. The maximum Gasteiger partial charge on any atom is 0.120 e. The highest BCUT2D eigenvalue weighted by molar-refractivity contribution is 7.99. The first-order valence-electron chi connectivity index (χ1n) is 4.69. The second-order valence-corrected chi connectivity index (χ2v) is 4.28. The van der Waals surface area contributed by atoms with E-state index in [2.05, 4.69) is 19.2 Å². The van der Waals surface area contributed by atoms with Gasteiger partial charge in [0.25, 0.3) is 0 Å². The quantitative estimate of drug-likeness (QED) is 0.713. The van der Waals surface area contributed by atoms with Crippen LogP contribution >= 0.6 is 11.8 Å². The van der Waals surface area contributed by atoms with E-state index in [1.807, 2.05) is 23.9 Å². The minimum atomic E-state index is 0.326. The summed E-state index contributed by atoms with van der Waals surface area (Å²) in [5.41, 5.74) is 0. The fourth-order valence-corrected chi connectivity index (χ4v) is 1.68. The van der Waals surface area contributed by atoms with Crippen molar-refractivity contribution in [3.8, 4) is 0 Å². The largest absolute Gasteiger partial charge is 0.468 e. The van der Waals surface area contributed by atoms with Crippen LogP contribution in [0.1, 0.15) is 25.6 Å². The molecule has 0 aliphatic rings. The maximum absolute atomic E-state index is 5.28. The summed E-state index contributed by atoms with van der Waals surface area (Å²) in [5, 5.41) is 3.41. The Hall–Kier alpha value is -0.410. The van der Waals surface area contributed by atoms with Crippen molar-refractivity contribution in [3.63, 3.8) is 0 Å². The van der Waals surface area contributed by atoms with E-state index in [9.17, 15) is 0 Å². The Morgan fingerprint density at radius 2 is 2.46 bits per heavy atom. The van der Waals surface area contributed by atoms with Crippen molar-refractivity contribution in [2.45, 2.75) is 19.9 Å². The van der Waals surface area contributed by atoms with E-state index in [-0.39, 0.29) is 0 Å². The number of thioether (sulfide) groups is 1. The van der Waals surface area contributed by atoms with Gasteiger partial charge < -0.3 is 9.73 Å². The Labute approximate surface area is 84.1 Å². The van der Waals surface area contributed by atoms with E-state index < -0.39 is 0 Å². The van der Waals surface area contributed by atoms with Crippen molar-refractivity contribution >= 4 is 11.8 Å². The minimum absolute atomic E-state index is 0.326. The fraction of sp³-hybridized carbons (Fsp3) is 0.600. The average molecular weight is 199 g/mol. The van der Waals surface area contributed by atoms with Crippen molar-refractivity contribution in [1.29, 1.82) is 0 Å². The Kier molecular flexibility index (Phi) is 5.01. The summed E-state index contributed by atoms with van der Waals surface area (Å²) in [6.07, 6.45) is 1.72. The molecule has 0 aliphatic heterocycles. The van der Waals surface area contributed by atoms with Crippen LogP contribution < -0.4 is 5.32 Å². The zero-order valence-electron chi connectivity index (χ0n) is 8.25. The van der Waals surface area contributed by atoms with Crippen LogP contribution in [0.15, 0.2) is 22.8 Å². The molecule has 0 fully saturated rings. The summed E-state index contributed by atoms with van der Waals surface area (Å²) in [6, 6.07) is 4.26. The standard InChI is InChI=1S/C10H17NOS/c1-3-13-8-6-11-9(2)10-5-4-7-12-10/h4-5,7,9,11H,3,6,8H2,1-2H3. The molecule has 74 valence electrons. The summed E-state index contributed by atoms with van der Waals surface area (Å²) >= 11 is 1.95. The van der Waals surface area contributed by atoms with Crippen molar-refractivity contribution in [2.75, 3.05) is 18.1 Å². The molecule has 0 spiro atoms. The van der Waals surface area contributed by atoms with Crippen LogP contribution in [0.4, 0.5) is 0 Å². The summed E-state index contributed by atoms with van der Waals surface area (Å²) in [4.78, 5) is 0. The average Bonchev–Trinajstić information content (AvgIpc) is 2.65. The van der Waals surface area contributed by atoms with E-state index in [1.54, 1.807) is 6.26 Å². The minimum Gasteiger partial charge on any atom is -0.468 e. The first-order valence-corrected chi connectivity index (χ1v) is 5.84. The molecule has 13 heavy (non-hydrogen) atoms. The number of nitrogens with one attached hydrogen (secondary N) is 1. The van der Waals surface area contributed by atoms with Crippen LogP contribution in [0.25, 0.3) is 0 Å². The molecule has 0 aliphatic carbocycles. The lowest BCUT2D eigenvalue weighted by Gasteiger charge is -2.10. The van der Waals surface area contributed by atoms with Crippen LogP contribution in [0, 0.1) is 0 Å². The second-order valence-electron chi connectivity index (χ2n) is 2.89. The lowest BCUT2D eigenvalue weighted by molar-refractivity contribution is 0.438. The van der Waals surface area contributed by atoms with Crippen LogP contribution in [-0.4, -0.2) is 18.1 Å². The lowest BCUT2D eigenvalue weighted by Crippen LogP contribution is -2.20. The molecule has 1 N–H and O–H groups in total. The van der Waals surface area contributed by atoms with Gasteiger partial charge in [0.1, 0.15) is 5.76 Å². The van der Waals surface area contributed by atoms with Crippen LogP contribution in [0.3, 0.4) is 0 Å². The Bertz CT molecular complexity index is 211. The molecule has 3 heteroatoms. The molecule has 0 bridgehead atoms. The molecule has 2 nitrogen and oxygen atoms in total. The molecule has 1 atom stereocenters. The third kappa shape index (κ3) is 3.87. The van der Waals surface area contributed by atoms with Crippen molar-refractivity contribution in [1.82, 2.24) is 5.32 Å². The Morgan fingerprint density at radius 1 is 1.62 bits per heavy atom. The van der Waals surface area contributed by atoms with Crippen molar-refractivity contribution < 1.29 is 4.42 Å². The van der Waals surface area contributed by atoms with Crippen LogP contribution in [0.2, 0.25) is 0 Å². The zero-order valence-corrected chi connectivity index (χ0v) is 9.06. The first kappa shape index (κ1) is 10.7. The summed E-state index contributed by atoms with van der Waals surface area (Å²) in [6.45, 7) is 5.34. The summed E-state index contributed by atoms with van der Waals surface area (Å²) < 4.78 is 5.28. The predicted molar refractivity (Wildman–Crippen MR) is 58.1 cm³/mol. The molecular weight excluding hydrogens is 182 g/mol. The number of rotatable bonds is 6. The highest BCUT2D eigenvalue weighted by Crippen LogP contribution is 2.11. The first-order chi connectivity index (χ1) is 6.34. The summed E-state index contributed by atoms with van der Waals surface area (Å²) in [5.74, 6) is 3.37. The van der Waals surface area contributed by atoms with Crippen LogP contribution in [0.5, 0.6) is 0 Å². The molecule has 0 aromatic carbocycles. The van der Waals surface area contributed by atoms with Gasteiger partial charge in [-0.05, 0) is 24.8 Å². The third-order valence-electron chi connectivity index (χ3n) is 1.87. The molecule has 1 unspecified atom stereocenters. The van der Waals surface area contributed by atoms with Gasteiger partial charge in [-0.3, -0.25) is 0 Å². The second kappa shape index (κ2) is 6.11. The molecule has 0 saturated carbocycles. The van der Waals surface area contributed by atoms with Crippen molar-refractivity contribution in [2.24, 2.45) is 0 Å². The zero-order chi connectivity index (χ0) is 9.52. The number of furan rings is 1. The third-order valence-corrected chi connectivity index (χ3v) is 2.77. The SMILES string of the molecule is CCSCCNC(C)c1ccco1. The topological polar surface area (TPSA) is 25.2 Å². The lowest BCUT2D eigenvalue weighted by atomic mass is 10.2. The van der Waals surface area contributed by atoms with Gasteiger partial charge >= 0.3 is 0 Å². The van der Waals surface area contributed by atoms with Crippen LogP contribution in [-0.2, 0) is 0 Å². The molecule has 1 aromatic heterocycles. The van der Waals surface area contributed by atoms with E-state index in [1.165, 1.54) is 11.5 Å². The molecule has 0 saturated heterocycles. The molecule has 0 radical (unpaired) electrons. The normalized spacial score (nSPS) is 13.1. The number of hydrogen-bond donors (Lipinski definition) is 1. The monoisotopic (exact) mass is 199 g/mol. The smallest absolute Gasteiger partial charge is 0.120 e. The predicted octanol–water partition coefficient (Wildman–Crippen LogP) is 2.68. The highest BCUT2D eigenvalue weighted by atomic mass is 32.2. The van der Waals surface area contributed by atoms with E-state index >= 15 is 0 Å². The van der Waals surface area contributed by atoms with Gasteiger partial charge in [-0.1, -0.05) is 6.92 Å². The maximum atomic E-state index is 5.28. The highest BCUT2D eigenvalue weighted by Gasteiger charge is 2.05. The van der Waals surface area contributed by atoms with Crippen molar-refractivity contribution in [3.05, 3.63) is 24.2 Å².